The summed E-state index contributed by atoms with van der Waals surface area (Å²) in [5.74, 6) is 4.23. The van der Waals surface area contributed by atoms with Gasteiger partial charge in [-0.1, -0.05) is 46.0 Å². The van der Waals surface area contributed by atoms with E-state index in [-0.39, 0.29) is 17.4 Å². The first kappa shape index (κ1) is 26.2. The second-order valence-corrected chi connectivity index (χ2v) is 13.1. The zero-order valence-electron chi connectivity index (χ0n) is 22.5. The van der Waals surface area contributed by atoms with Crippen LogP contribution in [0.5, 0.6) is 0 Å². The van der Waals surface area contributed by atoms with E-state index in [2.05, 4.69) is 13.8 Å². The number of carbonyl (C=O) groups excluding carboxylic acids is 2. The molecular formula is C30H51NO3. The lowest BCUT2D eigenvalue weighted by Crippen LogP contribution is -2.57. The zero-order valence-corrected chi connectivity index (χ0v) is 22.5. The van der Waals surface area contributed by atoms with Crippen LogP contribution < -0.4 is 0 Å². The Morgan fingerprint density at radius 3 is 2.53 bits per heavy atom. The van der Waals surface area contributed by atoms with Crippen LogP contribution in [0.4, 0.5) is 0 Å². The molecule has 4 aliphatic rings. The molecule has 194 valence electrons. The lowest BCUT2D eigenvalue weighted by atomic mass is 9.42. The molecule has 1 amide bonds. The van der Waals surface area contributed by atoms with Crippen molar-refractivity contribution >= 4 is 11.7 Å². The van der Waals surface area contributed by atoms with Crippen LogP contribution in [0.3, 0.4) is 0 Å². The van der Waals surface area contributed by atoms with E-state index in [1.54, 1.807) is 0 Å². The summed E-state index contributed by atoms with van der Waals surface area (Å²) in [6.07, 6.45) is 16.4. The molecule has 8 atom stereocenters. The van der Waals surface area contributed by atoms with Gasteiger partial charge in [0, 0.05) is 32.9 Å². The first-order valence-corrected chi connectivity index (χ1v) is 14.6. The molecule has 0 aromatic rings. The van der Waals surface area contributed by atoms with Crippen molar-refractivity contribution in [1.82, 2.24) is 4.90 Å². The van der Waals surface area contributed by atoms with Crippen LogP contribution >= 0.6 is 0 Å². The summed E-state index contributed by atoms with van der Waals surface area (Å²) in [4.78, 5) is 26.1. The van der Waals surface area contributed by atoms with Crippen LogP contribution in [0, 0.1) is 40.4 Å². The molecule has 4 heteroatoms. The first-order chi connectivity index (χ1) is 16.2. The van der Waals surface area contributed by atoms with Crippen molar-refractivity contribution in [2.45, 2.75) is 123 Å². The van der Waals surface area contributed by atoms with E-state index < -0.39 is 0 Å². The highest BCUT2D eigenvalue weighted by molar-refractivity contribution is 5.79. The van der Waals surface area contributed by atoms with Crippen molar-refractivity contribution in [2.75, 3.05) is 13.6 Å². The fraction of sp³-hybridized carbons (Fsp3) is 0.933. The van der Waals surface area contributed by atoms with Gasteiger partial charge in [-0.05, 0) is 92.3 Å². The number of ketones is 1. The number of unbranched alkanes of at least 4 members (excludes halogenated alkanes) is 4. The number of hydrogen-bond acceptors (Lipinski definition) is 3. The van der Waals surface area contributed by atoms with Gasteiger partial charge in [-0.2, -0.15) is 0 Å². The molecule has 4 fully saturated rings. The molecule has 0 spiro atoms. The van der Waals surface area contributed by atoms with Gasteiger partial charge in [-0.25, -0.2) is 0 Å². The van der Waals surface area contributed by atoms with Gasteiger partial charge in [0.15, 0.2) is 0 Å². The summed E-state index contributed by atoms with van der Waals surface area (Å²) < 4.78 is 0. The van der Waals surface area contributed by atoms with Crippen LogP contribution in [-0.2, 0) is 9.59 Å². The Morgan fingerprint density at radius 1 is 1.03 bits per heavy atom. The van der Waals surface area contributed by atoms with Crippen molar-refractivity contribution in [3.63, 3.8) is 0 Å². The van der Waals surface area contributed by atoms with Crippen molar-refractivity contribution in [2.24, 2.45) is 40.4 Å². The molecule has 0 aromatic heterocycles. The van der Waals surface area contributed by atoms with Crippen LogP contribution in [0.15, 0.2) is 0 Å². The Bertz CT molecular complexity index is 737. The minimum absolute atomic E-state index is 0.102. The first-order valence-electron chi connectivity index (χ1n) is 14.6. The van der Waals surface area contributed by atoms with Crippen LogP contribution in [0.1, 0.15) is 117 Å². The Morgan fingerprint density at radius 2 is 1.76 bits per heavy atom. The maximum absolute atomic E-state index is 12.3. The van der Waals surface area contributed by atoms with Crippen molar-refractivity contribution in [1.29, 1.82) is 0 Å². The number of hydrogen-bond donors (Lipinski definition) is 1. The molecule has 3 unspecified atom stereocenters. The Kier molecular flexibility index (Phi) is 8.17. The smallest absolute Gasteiger partial charge is 0.222 e. The molecule has 0 heterocycles. The Balaban J connectivity index is 1.37. The number of aliphatic hydroxyl groups is 1. The van der Waals surface area contributed by atoms with Crippen LogP contribution in [0.2, 0.25) is 0 Å². The van der Waals surface area contributed by atoms with Gasteiger partial charge < -0.3 is 10.0 Å². The lowest BCUT2D eigenvalue weighted by Gasteiger charge is -2.62. The third-order valence-electron chi connectivity index (χ3n) is 11.4. The molecule has 4 aliphatic carbocycles. The van der Waals surface area contributed by atoms with Gasteiger partial charge in [0.2, 0.25) is 5.91 Å². The molecule has 1 N–H and O–H groups in total. The maximum atomic E-state index is 12.3. The average Bonchev–Trinajstić information content (AvgIpc) is 3.11. The van der Waals surface area contributed by atoms with Crippen LogP contribution in [0.25, 0.3) is 0 Å². The summed E-state index contributed by atoms with van der Waals surface area (Å²) in [6.45, 7) is 7.78. The fourth-order valence-corrected chi connectivity index (χ4v) is 9.28. The molecule has 4 rings (SSSR count). The summed E-state index contributed by atoms with van der Waals surface area (Å²) >= 11 is 0. The molecule has 0 aliphatic heterocycles. The molecule has 0 bridgehead atoms. The summed E-state index contributed by atoms with van der Waals surface area (Å²) in [5.41, 5.74) is 0.424. The van der Waals surface area contributed by atoms with Gasteiger partial charge in [0.05, 0.1) is 6.10 Å². The number of nitrogens with zero attached hydrogens (tertiary/aromatic N) is 1. The predicted molar refractivity (Wildman–Crippen MR) is 137 cm³/mol. The van der Waals surface area contributed by atoms with Crippen LogP contribution in [-0.4, -0.2) is 41.4 Å². The van der Waals surface area contributed by atoms with E-state index in [0.29, 0.717) is 35.4 Å². The van der Waals surface area contributed by atoms with Crippen molar-refractivity contribution in [3.8, 4) is 0 Å². The number of Topliss-reactive ketones (excluding diaryl/α,β-unsaturated/α-hetero) is 1. The Labute approximate surface area is 208 Å². The minimum atomic E-state index is -0.127. The van der Waals surface area contributed by atoms with Gasteiger partial charge in [0.1, 0.15) is 5.78 Å². The second-order valence-electron chi connectivity index (χ2n) is 13.1. The Hall–Kier alpha value is -0.900. The number of amides is 1. The maximum Gasteiger partial charge on any atom is 0.222 e. The topological polar surface area (TPSA) is 57.6 Å². The molecule has 0 saturated heterocycles. The zero-order chi connectivity index (χ0) is 24.5. The largest absolute Gasteiger partial charge is 0.393 e. The monoisotopic (exact) mass is 473 g/mol. The molecule has 4 saturated carbocycles. The molecule has 0 aromatic carbocycles. The average molecular weight is 474 g/mol. The minimum Gasteiger partial charge on any atom is -0.393 e. The molecule has 4 nitrogen and oxygen atoms in total. The van der Waals surface area contributed by atoms with E-state index in [9.17, 15) is 14.7 Å². The van der Waals surface area contributed by atoms with E-state index in [1.165, 1.54) is 51.4 Å². The highest BCUT2D eigenvalue weighted by Crippen LogP contribution is 2.68. The highest BCUT2D eigenvalue weighted by Gasteiger charge is 2.62. The van der Waals surface area contributed by atoms with Gasteiger partial charge >= 0.3 is 0 Å². The predicted octanol–water partition coefficient (Wildman–Crippen LogP) is 6.39. The number of carbonyl (C=O) groups is 2. The molecular weight excluding hydrogens is 422 g/mol. The number of fused-ring (bicyclic) bond motifs is 5. The number of rotatable bonds is 9. The summed E-state index contributed by atoms with van der Waals surface area (Å²) in [5, 5.41) is 11.0. The van der Waals surface area contributed by atoms with E-state index in [4.69, 9.17) is 0 Å². The summed E-state index contributed by atoms with van der Waals surface area (Å²) in [7, 11) is 1.89. The van der Waals surface area contributed by atoms with Crippen molar-refractivity contribution in [3.05, 3.63) is 0 Å². The fourth-order valence-electron chi connectivity index (χ4n) is 9.28. The van der Waals surface area contributed by atoms with Gasteiger partial charge in [-0.15, -0.1) is 0 Å². The standard InChI is InChI=1S/C30H51NO3/c1-5-31(4)27(34)12-10-8-6-7-9-11-21-20-30(3)25(15-16-26(30)33)24-14-13-22-19-23(32)17-18-29(22,2)28(21)24/h21-22,24-26,28,33H,5-20H2,1-4H3/t21?,22?,24-,25-,26?,28+,29-,30-/m0/s1. The third kappa shape index (κ3) is 4.87. The van der Waals surface area contributed by atoms with Crippen molar-refractivity contribution < 1.29 is 14.7 Å². The van der Waals surface area contributed by atoms with E-state index in [1.807, 2.05) is 18.9 Å². The summed E-state index contributed by atoms with van der Waals surface area (Å²) in [6, 6.07) is 0. The molecule has 34 heavy (non-hydrogen) atoms. The molecule has 0 radical (unpaired) electrons. The highest BCUT2D eigenvalue weighted by atomic mass is 16.3. The van der Waals surface area contributed by atoms with Gasteiger partial charge in [-0.3, -0.25) is 9.59 Å². The quantitative estimate of drug-likeness (QED) is 0.395. The second kappa shape index (κ2) is 10.6. The number of aliphatic hydroxyl groups excluding tert-OH is 1. The normalized spacial score (nSPS) is 41.5. The SMILES string of the molecule is CCN(C)C(=O)CCCCCCCC1C[C@]2(C)C(O)CC[C@H]2[C@@H]2CCC3CC(=O)CC[C@]3(C)[C@H]12. The lowest BCUT2D eigenvalue weighted by molar-refractivity contribution is -0.159. The third-order valence-corrected chi connectivity index (χ3v) is 11.4. The van der Waals surface area contributed by atoms with Gasteiger partial charge in [0.25, 0.3) is 0 Å². The van der Waals surface area contributed by atoms with E-state index >= 15 is 0 Å². The van der Waals surface area contributed by atoms with E-state index in [0.717, 1.165) is 56.9 Å².